The second-order valence-electron chi connectivity index (χ2n) is 22.1. The van der Waals surface area contributed by atoms with E-state index in [2.05, 4.69) is 46.7 Å². The summed E-state index contributed by atoms with van der Waals surface area (Å²) in [4.78, 5) is 27.5. The second kappa shape index (κ2) is 54.2. The maximum absolute atomic E-state index is 12.7. The zero-order chi connectivity index (χ0) is 48.9. The summed E-state index contributed by atoms with van der Waals surface area (Å²) in [5.74, 6) is 1.57. The van der Waals surface area contributed by atoms with Gasteiger partial charge in [-0.25, -0.2) is 0 Å². The SMILES string of the molecule is CCCCCCCCC(CCCCCC)CCCCCCCCCCCCC(CCCCCCCCCCCC(=O)OCC(CCCCCC)CCCCCCCC)OC(=O)CCCN(C)C. The van der Waals surface area contributed by atoms with Gasteiger partial charge in [-0.1, -0.05) is 278 Å². The van der Waals surface area contributed by atoms with Crippen molar-refractivity contribution in [3.05, 3.63) is 0 Å². The molecule has 3 unspecified atom stereocenters. The molecular formula is C62H123NO4. The van der Waals surface area contributed by atoms with E-state index in [1.54, 1.807) is 0 Å². The van der Waals surface area contributed by atoms with Crippen molar-refractivity contribution in [1.29, 1.82) is 0 Å². The summed E-state index contributed by atoms with van der Waals surface area (Å²) in [6.07, 6.45) is 63.0. The first-order valence-corrected chi connectivity index (χ1v) is 30.9. The molecule has 400 valence electrons. The minimum Gasteiger partial charge on any atom is -0.465 e. The van der Waals surface area contributed by atoms with Gasteiger partial charge in [-0.2, -0.15) is 0 Å². The van der Waals surface area contributed by atoms with E-state index in [0.29, 0.717) is 25.4 Å². The number of hydrogen-bond acceptors (Lipinski definition) is 5. The molecule has 3 atom stereocenters. The molecule has 0 fully saturated rings. The van der Waals surface area contributed by atoms with Gasteiger partial charge in [0, 0.05) is 12.8 Å². The van der Waals surface area contributed by atoms with E-state index >= 15 is 0 Å². The molecule has 0 aromatic carbocycles. The Morgan fingerprint density at radius 3 is 0.970 bits per heavy atom. The second-order valence-corrected chi connectivity index (χ2v) is 22.1. The molecular weight excluding hydrogens is 823 g/mol. The lowest BCUT2D eigenvalue weighted by atomic mass is 9.89. The quantitative estimate of drug-likeness (QED) is 0.0449. The lowest BCUT2D eigenvalue weighted by molar-refractivity contribution is -0.150. The Labute approximate surface area is 421 Å². The average molecular weight is 947 g/mol. The van der Waals surface area contributed by atoms with Gasteiger partial charge in [0.15, 0.2) is 0 Å². The summed E-state index contributed by atoms with van der Waals surface area (Å²) in [5.41, 5.74) is 0. The van der Waals surface area contributed by atoms with Crippen LogP contribution in [0.1, 0.15) is 342 Å². The van der Waals surface area contributed by atoms with Gasteiger partial charge >= 0.3 is 11.9 Å². The molecule has 0 amide bonds. The number of nitrogens with zero attached hydrogens (tertiary/aromatic N) is 1. The minimum absolute atomic E-state index is 0.00547. The maximum Gasteiger partial charge on any atom is 0.306 e. The minimum atomic E-state index is 0.00547. The Balaban J connectivity index is 4.22. The van der Waals surface area contributed by atoms with E-state index in [1.807, 2.05) is 0 Å². The highest BCUT2D eigenvalue weighted by atomic mass is 16.5. The first-order valence-electron chi connectivity index (χ1n) is 30.9. The fraction of sp³-hybridized carbons (Fsp3) is 0.968. The van der Waals surface area contributed by atoms with Crippen LogP contribution < -0.4 is 0 Å². The predicted molar refractivity (Wildman–Crippen MR) is 295 cm³/mol. The molecule has 67 heavy (non-hydrogen) atoms. The molecule has 0 spiro atoms. The summed E-state index contributed by atoms with van der Waals surface area (Å²) in [5, 5.41) is 0. The van der Waals surface area contributed by atoms with Crippen LogP contribution >= 0.6 is 0 Å². The number of hydrogen-bond donors (Lipinski definition) is 0. The molecule has 0 aromatic rings. The third-order valence-corrected chi connectivity index (χ3v) is 14.9. The summed E-state index contributed by atoms with van der Waals surface area (Å²) in [7, 11) is 4.14. The molecule has 0 aromatic heterocycles. The Kier molecular flexibility index (Phi) is 53.3. The number of ether oxygens (including phenoxy) is 2. The molecule has 0 aliphatic carbocycles. The normalized spacial score (nSPS) is 13.1. The fourth-order valence-electron chi connectivity index (χ4n) is 10.3. The summed E-state index contributed by atoms with van der Waals surface area (Å²) >= 11 is 0. The molecule has 0 aliphatic heterocycles. The van der Waals surface area contributed by atoms with Crippen LogP contribution in [0.3, 0.4) is 0 Å². The van der Waals surface area contributed by atoms with E-state index in [0.717, 1.165) is 51.0 Å². The third kappa shape index (κ3) is 51.1. The van der Waals surface area contributed by atoms with Crippen molar-refractivity contribution in [2.75, 3.05) is 27.2 Å². The van der Waals surface area contributed by atoms with Crippen molar-refractivity contribution in [3.8, 4) is 0 Å². The van der Waals surface area contributed by atoms with Crippen LogP contribution in [0.4, 0.5) is 0 Å². The Morgan fingerprint density at radius 2 is 0.612 bits per heavy atom. The number of carbonyl (C=O) groups is 2. The Morgan fingerprint density at radius 1 is 0.328 bits per heavy atom. The van der Waals surface area contributed by atoms with Crippen LogP contribution in [0.5, 0.6) is 0 Å². The monoisotopic (exact) mass is 946 g/mol. The number of carbonyl (C=O) groups excluding carboxylic acids is 2. The number of esters is 2. The van der Waals surface area contributed by atoms with Gasteiger partial charge in [0.25, 0.3) is 0 Å². The van der Waals surface area contributed by atoms with E-state index in [4.69, 9.17) is 9.47 Å². The molecule has 0 heterocycles. The molecule has 0 bridgehead atoms. The summed E-state index contributed by atoms with van der Waals surface area (Å²) < 4.78 is 11.9. The standard InChI is InChI=1S/C62H123NO4/c1-7-11-15-19-32-40-48-58(47-38-17-13-9-3)49-41-34-28-24-21-22-25-29-35-43-52-60(67-62(65)55-46-56-63(5)6)53-44-36-30-26-23-27-31-37-45-54-61(64)66-57-59(50-39-18-14-10-4)51-42-33-20-16-12-8-2/h58-60H,7-57H2,1-6H3. The van der Waals surface area contributed by atoms with Crippen LogP contribution in [-0.4, -0.2) is 50.2 Å². The van der Waals surface area contributed by atoms with E-state index in [1.165, 1.54) is 263 Å². The predicted octanol–water partition coefficient (Wildman–Crippen LogP) is 20.4. The van der Waals surface area contributed by atoms with Gasteiger partial charge in [-0.15, -0.1) is 0 Å². The van der Waals surface area contributed by atoms with Crippen molar-refractivity contribution in [3.63, 3.8) is 0 Å². The van der Waals surface area contributed by atoms with Crippen LogP contribution in [0, 0.1) is 11.8 Å². The highest BCUT2D eigenvalue weighted by Crippen LogP contribution is 2.26. The van der Waals surface area contributed by atoms with E-state index in [9.17, 15) is 9.59 Å². The zero-order valence-corrected chi connectivity index (χ0v) is 46.9. The van der Waals surface area contributed by atoms with Crippen LogP contribution in [0.25, 0.3) is 0 Å². The topological polar surface area (TPSA) is 55.8 Å². The molecule has 5 heteroatoms. The van der Waals surface area contributed by atoms with Crippen molar-refractivity contribution in [2.24, 2.45) is 11.8 Å². The third-order valence-electron chi connectivity index (χ3n) is 14.9. The molecule has 0 aliphatic rings. The average Bonchev–Trinajstić information content (AvgIpc) is 3.31. The zero-order valence-electron chi connectivity index (χ0n) is 46.9. The van der Waals surface area contributed by atoms with Gasteiger partial charge < -0.3 is 14.4 Å². The summed E-state index contributed by atoms with van der Waals surface area (Å²) in [6.45, 7) is 10.8. The first-order chi connectivity index (χ1) is 32.9. The molecule has 0 N–H and O–H groups in total. The van der Waals surface area contributed by atoms with Crippen molar-refractivity contribution >= 4 is 11.9 Å². The van der Waals surface area contributed by atoms with Crippen LogP contribution in [0.15, 0.2) is 0 Å². The Bertz CT molecular complexity index is 984. The first kappa shape index (κ1) is 65.9. The van der Waals surface area contributed by atoms with Gasteiger partial charge in [-0.3, -0.25) is 9.59 Å². The molecule has 5 nitrogen and oxygen atoms in total. The lowest BCUT2D eigenvalue weighted by Gasteiger charge is -2.18. The largest absolute Gasteiger partial charge is 0.465 e. The highest BCUT2D eigenvalue weighted by Gasteiger charge is 2.16. The van der Waals surface area contributed by atoms with Gasteiger partial charge in [0.1, 0.15) is 6.10 Å². The van der Waals surface area contributed by atoms with Gasteiger partial charge in [0.05, 0.1) is 6.61 Å². The lowest BCUT2D eigenvalue weighted by Crippen LogP contribution is -2.20. The number of unbranched alkanes of at least 4 members (excludes halogenated alkanes) is 33. The fourth-order valence-corrected chi connectivity index (χ4v) is 10.3. The van der Waals surface area contributed by atoms with E-state index < -0.39 is 0 Å². The van der Waals surface area contributed by atoms with Gasteiger partial charge in [0.2, 0.25) is 0 Å². The molecule has 0 rings (SSSR count). The smallest absolute Gasteiger partial charge is 0.306 e. The number of rotatable bonds is 56. The van der Waals surface area contributed by atoms with Crippen molar-refractivity contribution in [1.82, 2.24) is 4.90 Å². The van der Waals surface area contributed by atoms with E-state index in [-0.39, 0.29) is 18.0 Å². The molecule has 0 radical (unpaired) electrons. The Hall–Kier alpha value is -1.10. The maximum atomic E-state index is 12.7. The molecule has 0 saturated carbocycles. The van der Waals surface area contributed by atoms with Crippen LogP contribution in [0.2, 0.25) is 0 Å². The van der Waals surface area contributed by atoms with Crippen molar-refractivity contribution in [2.45, 2.75) is 348 Å². The van der Waals surface area contributed by atoms with Crippen molar-refractivity contribution < 1.29 is 19.1 Å². The van der Waals surface area contributed by atoms with Crippen LogP contribution in [-0.2, 0) is 19.1 Å². The van der Waals surface area contributed by atoms with Gasteiger partial charge in [-0.05, 0) is 83.8 Å². The highest BCUT2D eigenvalue weighted by molar-refractivity contribution is 5.69. The molecule has 0 saturated heterocycles. The summed E-state index contributed by atoms with van der Waals surface area (Å²) in [6, 6.07) is 0.